The van der Waals surface area contributed by atoms with Crippen LogP contribution in [0.1, 0.15) is 6.92 Å². The fourth-order valence-corrected chi connectivity index (χ4v) is 0.854. The predicted octanol–water partition coefficient (Wildman–Crippen LogP) is 1.53. The molecule has 1 aromatic carbocycles. The van der Waals surface area contributed by atoms with Crippen LogP contribution in [0.15, 0.2) is 24.3 Å². The summed E-state index contributed by atoms with van der Waals surface area (Å²) in [6.45, 7) is 3.76. The van der Waals surface area contributed by atoms with Crippen LogP contribution in [0.4, 0.5) is 0 Å². The van der Waals surface area contributed by atoms with Crippen molar-refractivity contribution in [2.24, 2.45) is 0 Å². The summed E-state index contributed by atoms with van der Waals surface area (Å²) in [5.74, 6) is 0.956. The van der Waals surface area contributed by atoms with Crippen LogP contribution in [-0.2, 0) is 4.79 Å². The Hall–Kier alpha value is -1.51. The Morgan fingerprint density at radius 3 is 2.58 bits per heavy atom. The van der Waals surface area contributed by atoms with E-state index in [1.165, 1.54) is 6.47 Å². The Morgan fingerprint density at radius 1 is 1.33 bits per heavy atom. The smallest absolute Gasteiger partial charge is 0.423 e. The molecule has 3 heteroatoms. The molecule has 1 aromatic rings. The normalized spacial score (nSPS) is 9.08. The number of hydrogen-bond donors (Lipinski definition) is 0. The van der Waals surface area contributed by atoms with Gasteiger partial charge in [0, 0.05) is 0 Å². The van der Waals surface area contributed by atoms with Gasteiger partial charge in [0.1, 0.15) is 0 Å². The minimum absolute atomic E-state index is 0.398. The summed E-state index contributed by atoms with van der Waals surface area (Å²) in [7, 11) is 0. The highest BCUT2D eigenvalue weighted by atomic mass is 16.5. The first kappa shape index (κ1) is 8.59. The van der Waals surface area contributed by atoms with Crippen molar-refractivity contribution in [1.29, 1.82) is 0 Å². The van der Waals surface area contributed by atoms with Crippen LogP contribution in [0.3, 0.4) is 0 Å². The first-order valence-corrected chi connectivity index (χ1v) is 3.64. The second-order valence-electron chi connectivity index (χ2n) is 2.07. The zero-order valence-electron chi connectivity index (χ0n) is 6.74. The standard InChI is InChI=1S/C9H9O3/c1-2-11-8-5-3-4-6-9(8)12-7-10/h3-6H,2H2,1H3. The largest absolute Gasteiger partial charge is 0.490 e. The van der Waals surface area contributed by atoms with E-state index in [9.17, 15) is 4.79 Å². The number of benzene rings is 1. The van der Waals surface area contributed by atoms with Crippen LogP contribution in [0.25, 0.3) is 0 Å². The van der Waals surface area contributed by atoms with E-state index < -0.39 is 0 Å². The Kier molecular flexibility index (Phi) is 3.14. The Labute approximate surface area is 70.9 Å². The van der Waals surface area contributed by atoms with Gasteiger partial charge in [-0.3, -0.25) is 0 Å². The molecule has 0 saturated heterocycles. The predicted molar refractivity (Wildman–Crippen MR) is 43.9 cm³/mol. The summed E-state index contributed by atoms with van der Waals surface area (Å²) in [6, 6.07) is 6.95. The molecule has 1 radical (unpaired) electrons. The molecule has 0 fully saturated rings. The molecule has 0 heterocycles. The van der Waals surface area contributed by atoms with Crippen molar-refractivity contribution < 1.29 is 14.3 Å². The van der Waals surface area contributed by atoms with E-state index in [0.29, 0.717) is 18.1 Å². The number of hydrogen-bond acceptors (Lipinski definition) is 3. The number of carbonyl (C=O) groups excluding carboxylic acids is 1. The molecule has 0 atom stereocenters. The Balaban J connectivity index is 2.83. The first-order valence-electron chi connectivity index (χ1n) is 3.64. The molecule has 1 rings (SSSR count). The average molecular weight is 165 g/mol. The fraction of sp³-hybridized carbons (Fsp3) is 0.222. The third-order valence-electron chi connectivity index (χ3n) is 1.30. The summed E-state index contributed by atoms with van der Waals surface area (Å²) in [6.07, 6.45) is 0. The second kappa shape index (κ2) is 4.38. The van der Waals surface area contributed by atoms with E-state index in [1.54, 1.807) is 18.2 Å². The second-order valence-corrected chi connectivity index (χ2v) is 2.07. The van der Waals surface area contributed by atoms with Crippen molar-refractivity contribution in [3.05, 3.63) is 24.3 Å². The third kappa shape index (κ3) is 1.99. The third-order valence-corrected chi connectivity index (χ3v) is 1.30. The molecule has 0 aliphatic rings. The van der Waals surface area contributed by atoms with Crippen LogP contribution in [0, 0.1) is 0 Å². The van der Waals surface area contributed by atoms with Crippen molar-refractivity contribution in [2.75, 3.05) is 6.61 Å². The molecule has 0 aliphatic carbocycles. The molecule has 0 unspecified atom stereocenters. The van der Waals surface area contributed by atoms with Gasteiger partial charge in [0.25, 0.3) is 0 Å². The van der Waals surface area contributed by atoms with Crippen LogP contribution in [0.5, 0.6) is 11.5 Å². The number of ether oxygens (including phenoxy) is 2. The van der Waals surface area contributed by atoms with Crippen LogP contribution >= 0.6 is 0 Å². The summed E-state index contributed by atoms with van der Waals surface area (Å²) in [4.78, 5) is 9.93. The first-order chi connectivity index (χ1) is 5.88. The molecule has 0 aromatic heterocycles. The van der Waals surface area contributed by atoms with E-state index >= 15 is 0 Å². The summed E-state index contributed by atoms with van der Waals surface area (Å²) in [5.41, 5.74) is 0. The Morgan fingerprint density at radius 2 is 2.00 bits per heavy atom. The molecular weight excluding hydrogens is 156 g/mol. The van der Waals surface area contributed by atoms with Gasteiger partial charge in [-0.25, -0.2) is 4.79 Å². The van der Waals surface area contributed by atoms with Gasteiger partial charge in [0.15, 0.2) is 11.5 Å². The highest BCUT2D eigenvalue weighted by molar-refractivity contribution is 5.51. The molecule has 0 bridgehead atoms. The lowest BCUT2D eigenvalue weighted by Crippen LogP contribution is -1.96. The van der Waals surface area contributed by atoms with E-state index in [-0.39, 0.29) is 0 Å². The van der Waals surface area contributed by atoms with E-state index in [0.717, 1.165) is 0 Å². The van der Waals surface area contributed by atoms with Crippen LogP contribution in [0.2, 0.25) is 0 Å². The zero-order valence-corrected chi connectivity index (χ0v) is 6.74. The highest BCUT2D eigenvalue weighted by Crippen LogP contribution is 2.25. The summed E-state index contributed by atoms with van der Waals surface area (Å²) >= 11 is 0. The van der Waals surface area contributed by atoms with Crippen molar-refractivity contribution in [1.82, 2.24) is 0 Å². The van der Waals surface area contributed by atoms with Crippen LogP contribution in [-0.4, -0.2) is 13.1 Å². The van der Waals surface area contributed by atoms with Gasteiger partial charge in [-0.1, -0.05) is 12.1 Å². The highest BCUT2D eigenvalue weighted by Gasteiger charge is 2.01. The SMILES string of the molecule is CCOc1ccccc1O[C]=O. The maximum Gasteiger partial charge on any atom is 0.423 e. The lowest BCUT2D eigenvalue weighted by Gasteiger charge is -2.05. The van der Waals surface area contributed by atoms with Gasteiger partial charge < -0.3 is 9.47 Å². The van der Waals surface area contributed by atoms with Crippen molar-refractivity contribution in [3.63, 3.8) is 0 Å². The van der Waals surface area contributed by atoms with E-state index in [2.05, 4.69) is 4.74 Å². The monoisotopic (exact) mass is 165 g/mol. The van der Waals surface area contributed by atoms with Gasteiger partial charge in [-0.05, 0) is 19.1 Å². The van der Waals surface area contributed by atoms with Crippen molar-refractivity contribution >= 4 is 6.47 Å². The molecule has 0 saturated carbocycles. The molecule has 0 spiro atoms. The topological polar surface area (TPSA) is 35.5 Å². The minimum atomic E-state index is 0.398. The molecule has 3 nitrogen and oxygen atoms in total. The maximum atomic E-state index is 9.93. The minimum Gasteiger partial charge on any atom is -0.490 e. The maximum absolute atomic E-state index is 9.93. The van der Waals surface area contributed by atoms with Gasteiger partial charge in [-0.2, -0.15) is 0 Å². The fourth-order valence-electron chi connectivity index (χ4n) is 0.854. The Bertz CT molecular complexity index is 258. The summed E-state index contributed by atoms with van der Waals surface area (Å²) in [5, 5.41) is 0. The lowest BCUT2D eigenvalue weighted by atomic mass is 10.3. The quantitative estimate of drug-likeness (QED) is 0.678. The zero-order chi connectivity index (χ0) is 8.81. The average Bonchev–Trinajstić information content (AvgIpc) is 2.09. The molecule has 0 amide bonds. The summed E-state index contributed by atoms with van der Waals surface area (Å²) < 4.78 is 9.74. The van der Waals surface area contributed by atoms with Gasteiger partial charge in [0.05, 0.1) is 6.61 Å². The van der Waals surface area contributed by atoms with E-state index in [4.69, 9.17) is 4.74 Å². The van der Waals surface area contributed by atoms with Crippen molar-refractivity contribution in [2.45, 2.75) is 6.92 Å². The molecule has 0 N–H and O–H groups in total. The molecule has 0 aliphatic heterocycles. The molecular formula is C9H9O3. The van der Waals surface area contributed by atoms with Gasteiger partial charge in [0.2, 0.25) is 0 Å². The van der Waals surface area contributed by atoms with Crippen LogP contribution < -0.4 is 9.47 Å². The lowest BCUT2D eigenvalue weighted by molar-refractivity contribution is 0.323. The molecule has 12 heavy (non-hydrogen) atoms. The number of rotatable bonds is 4. The van der Waals surface area contributed by atoms with Crippen molar-refractivity contribution in [3.8, 4) is 11.5 Å². The van der Waals surface area contributed by atoms with Gasteiger partial charge in [-0.15, -0.1) is 0 Å². The number of para-hydroxylation sites is 2. The van der Waals surface area contributed by atoms with E-state index in [1.807, 2.05) is 13.0 Å². The van der Waals surface area contributed by atoms with Gasteiger partial charge >= 0.3 is 6.47 Å². The molecule has 63 valence electrons.